The number of rotatable bonds is 11. The fourth-order valence-corrected chi connectivity index (χ4v) is 3.35. The second-order valence-electron chi connectivity index (χ2n) is 5.87. The normalized spacial score (nSPS) is 14.4. The zero-order valence-electron chi connectivity index (χ0n) is 13.7. The Morgan fingerprint density at radius 1 is 1.25 bits per heavy atom. The van der Waals surface area contributed by atoms with Gasteiger partial charge in [0.15, 0.2) is 0 Å². The highest BCUT2D eigenvalue weighted by Gasteiger charge is 2.16. The van der Waals surface area contributed by atoms with E-state index in [2.05, 4.69) is 43.4 Å². The van der Waals surface area contributed by atoms with E-state index in [1.54, 1.807) is 11.3 Å². The molecule has 1 rings (SSSR count). The lowest BCUT2D eigenvalue weighted by atomic mass is 9.90. The van der Waals surface area contributed by atoms with Crippen molar-refractivity contribution in [2.45, 2.75) is 78.7 Å². The number of aryl methyl sites for hydroxylation is 1. The average molecular weight is 297 g/mol. The maximum absolute atomic E-state index is 4.63. The summed E-state index contributed by atoms with van der Waals surface area (Å²) in [7, 11) is 0. The predicted octanol–water partition coefficient (Wildman–Crippen LogP) is 4.97. The van der Waals surface area contributed by atoms with Crippen molar-refractivity contribution in [2.75, 3.05) is 6.54 Å². The van der Waals surface area contributed by atoms with Gasteiger partial charge < -0.3 is 5.32 Å². The summed E-state index contributed by atoms with van der Waals surface area (Å²) in [5, 5.41) is 7.15. The van der Waals surface area contributed by atoms with Crippen LogP contribution in [0.3, 0.4) is 0 Å². The Kier molecular flexibility index (Phi) is 9.12. The van der Waals surface area contributed by atoms with Crippen LogP contribution in [0.25, 0.3) is 0 Å². The first kappa shape index (κ1) is 17.6. The number of unbranched alkanes of at least 4 members (excludes halogenated alkanes) is 1. The molecule has 0 fully saturated rings. The summed E-state index contributed by atoms with van der Waals surface area (Å²) in [6.07, 6.45) is 8.97. The SMILES string of the molecule is CCCCC(CC)CC(Cc1csc(C)n1)NCCC. The third-order valence-electron chi connectivity index (χ3n) is 3.97. The van der Waals surface area contributed by atoms with Gasteiger partial charge in [0.2, 0.25) is 0 Å². The molecule has 0 aliphatic rings. The van der Waals surface area contributed by atoms with E-state index in [1.165, 1.54) is 49.2 Å². The minimum atomic E-state index is 0.596. The van der Waals surface area contributed by atoms with Gasteiger partial charge in [0.05, 0.1) is 10.7 Å². The van der Waals surface area contributed by atoms with Crippen LogP contribution >= 0.6 is 11.3 Å². The molecule has 2 nitrogen and oxygen atoms in total. The summed E-state index contributed by atoms with van der Waals surface area (Å²) in [5.74, 6) is 0.865. The summed E-state index contributed by atoms with van der Waals surface area (Å²) in [4.78, 5) is 4.63. The van der Waals surface area contributed by atoms with Crippen molar-refractivity contribution in [1.29, 1.82) is 0 Å². The van der Waals surface area contributed by atoms with Gasteiger partial charge in [-0.2, -0.15) is 0 Å². The second kappa shape index (κ2) is 10.3. The summed E-state index contributed by atoms with van der Waals surface area (Å²) >= 11 is 1.77. The van der Waals surface area contributed by atoms with E-state index in [0.717, 1.165) is 18.9 Å². The van der Waals surface area contributed by atoms with Gasteiger partial charge in [0.1, 0.15) is 0 Å². The molecule has 0 saturated carbocycles. The van der Waals surface area contributed by atoms with Crippen molar-refractivity contribution in [2.24, 2.45) is 5.92 Å². The number of hydrogen-bond acceptors (Lipinski definition) is 3. The van der Waals surface area contributed by atoms with Crippen LogP contribution < -0.4 is 5.32 Å². The molecular formula is C17H32N2S. The van der Waals surface area contributed by atoms with Crippen molar-refractivity contribution in [3.8, 4) is 0 Å². The maximum Gasteiger partial charge on any atom is 0.0897 e. The topological polar surface area (TPSA) is 24.9 Å². The number of nitrogens with one attached hydrogen (secondary N) is 1. The van der Waals surface area contributed by atoms with E-state index in [4.69, 9.17) is 0 Å². The van der Waals surface area contributed by atoms with Gasteiger partial charge in [0, 0.05) is 17.8 Å². The quantitative estimate of drug-likeness (QED) is 0.623. The number of hydrogen-bond donors (Lipinski definition) is 1. The molecule has 1 heterocycles. The highest BCUT2D eigenvalue weighted by molar-refractivity contribution is 7.09. The predicted molar refractivity (Wildman–Crippen MR) is 90.6 cm³/mol. The summed E-state index contributed by atoms with van der Waals surface area (Å²) in [6, 6.07) is 0.596. The van der Waals surface area contributed by atoms with Crippen molar-refractivity contribution in [3.63, 3.8) is 0 Å². The molecule has 0 bridgehead atoms. The first-order chi connectivity index (χ1) is 9.69. The molecule has 3 heteroatoms. The third kappa shape index (κ3) is 6.85. The summed E-state index contributed by atoms with van der Waals surface area (Å²) < 4.78 is 0. The molecule has 0 aromatic carbocycles. The monoisotopic (exact) mass is 296 g/mol. The van der Waals surface area contributed by atoms with Crippen LogP contribution in [0, 0.1) is 12.8 Å². The molecule has 0 aliphatic carbocycles. The van der Waals surface area contributed by atoms with Crippen molar-refractivity contribution >= 4 is 11.3 Å². The van der Waals surface area contributed by atoms with Crippen LogP contribution in [0.15, 0.2) is 5.38 Å². The Hall–Kier alpha value is -0.410. The lowest BCUT2D eigenvalue weighted by Gasteiger charge is -2.23. The van der Waals surface area contributed by atoms with Gasteiger partial charge in [-0.1, -0.05) is 46.5 Å². The van der Waals surface area contributed by atoms with E-state index in [-0.39, 0.29) is 0 Å². The fraction of sp³-hybridized carbons (Fsp3) is 0.824. The van der Waals surface area contributed by atoms with Crippen molar-refractivity contribution < 1.29 is 0 Å². The molecule has 20 heavy (non-hydrogen) atoms. The highest BCUT2D eigenvalue weighted by Crippen LogP contribution is 2.21. The highest BCUT2D eigenvalue weighted by atomic mass is 32.1. The Balaban J connectivity index is 2.53. The van der Waals surface area contributed by atoms with E-state index in [1.807, 2.05) is 0 Å². The molecule has 0 aliphatic heterocycles. The van der Waals surface area contributed by atoms with Crippen LogP contribution in [0.2, 0.25) is 0 Å². The van der Waals surface area contributed by atoms with E-state index in [0.29, 0.717) is 6.04 Å². The van der Waals surface area contributed by atoms with Crippen LogP contribution in [0.5, 0.6) is 0 Å². The standard InChI is InChI=1S/C17H32N2S/c1-5-8-9-15(7-3)11-16(18-10-6-2)12-17-13-20-14(4)19-17/h13,15-16,18H,5-12H2,1-4H3. The Labute approximate surface area is 129 Å². The van der Waals surface area contributed by atoms with Crippen molar-refractivity contribution in [1.82, 2.24) is 10.3 Å². The molecule has 1 aromatic rings. The first-order valence-electron chi connectivity index (χ1n) is 8.33. The Morgan fingerprint density at radius 3 is 2.60 bits per heavy atom. The molecule has 1 aromatic heterocycles. The third-order valence-corrected chi connectivity index (χ3v) is 4.79. The molecule has 2 unspecified atom stereocenters. The number of thiazole rings is 1. The molecular weight excluding hydrogens is 264 g/mol. The molecule has 2 atom stereocenters. The maximum atomic E-state index is 4.63. The van der Waals surface area contributed by atoms with E-state index >= 15 is 0 Å². The molecule has 0 amide bonds. The Morgan fingerprint density at radius 2 is 2.05 bits per heavy atom. The Bertz CT molecular complexity index is 349. The zero-order valence-corrected chi connectivity index (χ0v) is 14.6. The molecule has 1 N–H and O–H groups in total. The molecule has 0 spiro atoms. The first-order valence-corrected chi connectivity index (χ1v) is 9.21. The smallest absolute Gasteiger partial charge is 0.0897 e. The molecule has 116 valence electrons. The zero-order chi connectivity index (χ0) is 14.8. The minimum Gasteiger partial charge on any atom is -0.314 e. The van der Waals surface area contributed by atoms with Gasteiger partial charge in [-0.05, 0) is 32.2 Å². The van der Waals surface area contributed by atoms with Crippen molar-refractivity contribution in [3.05, 3.63) is 16.1 Å². The minimum absolute atomic E-state index is 0.596. The summed E-state index contributed by atoms with van der Waals surface area (Å²) in [5.41, 5.74) is 1.27. The summed E-state index contributed by atoms with van der Waals surface area (Å²) in [6.45, 7) is 10.1. The van der Waals surface area contributed by atoms with Gasteiger partial charge in [-0.25, -0.2) is 4.98 Å². The van der Waals surface area contributed by atoms with E-state index < -0.39 is 0 Å². The number of aromatic nitrogens is 1. The lowest BCUT2D eigenvalue weighted by Crippen LogP contribution is -2.34. The second-order valence-corrected chi connectivity index (χ2v) is 6.93. The van der Waals surface area contributed by atoms with Gasteiger partial charge >= 0.3 is 0 Å². The van der Waals surface area contributed by atoms with Gasteiger partial charge in [-0.15, -0.1) is 11.3 Å². The largest absolute Gasteiger partial charge is 0.314 e. The van der Waals surface area contributed by atoms with Crippen LogP contribution in [-0.2, 0) is 6.42 Å². The molecule has 0 saturated heterocycles. The lowest BCUT2D eigenvalue weighted by molar-refractivity contribution is 0.346. The molecule has 0 radical (unpaired) electrons. The van der Waals surface area contributed by atoms with Gasteiger partial charge in [0.25, 0.3) is 0 Å². The van der Waals surface area contributed by atoms with Crippen LogP contribution in [0.4, 0.5) is 0 Å². The van der Waals surface area contributed by atoms with Crippen LogP contribution in [-0.4, -0.2) is 17.6 Å². The number of nitrogens with zero attached hydrogens (tertiary/aromatic N) is 1. The van der Waals surface area contributed by atoms with E-state index in [9.17, 15) is 0 Å². The average Bonchev–Trinajstić information content (AvgIpc) is 2.85. The van der Waals surface area contributed by atoms with Gasteiger partial charge in [-0.3, -0.25) is 0 Å². The fourth-order valence-electron chi connectivity index (χ4n) is 2.73. The van der Waals surface area contributed by atoms with Crippen LogP contribution in [0.1, 0.15) is 70.0 Å².